The number of allylic oxidation sites excluding steroid dienone is 4. The van der Waals surface area contributed by atoms with Gasteiger partial charge in [0.05, 0.1) is 5.71 Å². The number of aryl methyl sites for hydroxylation is 1. The quantitative estimate of drug-likeness (QED) is 0.454. The Balaban J connectivity index is 2.03. The number of rotatable bonds is 3. The van der Waals surface area contributed by atoms with Gasteiger partial charge in [-0.15, -0.1) is 0 Å². The molecule has 146 valence electrons. The Labute approximate surface area is 174 Å². The minimum Gasteiger partial charge on any atom is -0.300 e. The zero-order valence-corrected chi connectivity index (χ0v) is 18.3. The van der Waals surface area contributed by atoms with Crippen molar-refractivity contribution < 1.29 is 0 Å². The molecule has 1 aliphatic carbocycles. The Morgan fingerprint density at radius 3 is 2.24 bits per heavy atom. The van der Waals surface area contributed by atoms with Gasteiger partial charge in [-0.1, -0.05) is 67.1 Å². The summed E-state index contributed by atoms with van der Waals surface area (Å²) in [7, 11) is 0. The van der Waals surface area contributed by atoms with Crippen LogP contribution in [0.2, 0.25) is 0 Å². The molecule has 0 saturated heterocycles. The van der Waals surface area contributed by atoms with Crippen molar-refractivity contribution in [2.75, 3.05) is 0 Å². The van der Waals surface area contributed by atoms with Crippen LogP contribution in [0.25, 0.3) is 16.3 Å². The first-order chi connectivity index (χ1) is 13.8. The van der Waals surface area contributed by atoms with E-state index in [1.165, 1.54) is 44.4 Å². The molecule has 0 amide bonds. The second kappa shape index (κ2) is 7.15. The largest absolute Gasteiger partial charge is 0.300 e. The lowest BCUT2D eigenvalue weighted by Crippen LogP contribution is -2.11. The van der Waals surface area contributed by atoms with Gasteiger partial charge in [-0.2, -0.15) is 0 Å². The minimum atomic E-state index is 0.364. The molecule has 1 aliphatic rings. The van der Waals surface area contributed by atoms with Crippen LogP contribution in [0.4, 0.5) is 0 Å². The van der Waals surface area contributed by atoms with Crippen molar-refractivity contribution in [3.05, 3.63) is 99.1 Å². The molecule has 1 nitrogen and oxygen atoms in total. The van der Waals surface area contributed by atoms with Crippen LogP contribution in [-0.4, -0.2) is 5.71 Å². The predicted molar refractivity (Wildman–Crippen MR) is 126 cm³/mol. The van der Waals surface area contributed by atoms with Crippen molar-refractivity contribution in [3.63, 3.8) is 0 Å². The Morgan fingerprint density at radius 1 is 0.828 bits per heavy atom. The Morgan fingerprint density at radius 2 is 1.55 bits per heavy atom. The van der Waals surface area contributed by atoms with Crippen LogP contribution in [0.5, 0.6) is 0 Å². The van der Waals surface area contributed by atoms with Crippen molar-refractivity contribution in [1.29, 1.82) is 5.41 Å². The molecule has 0 aromatic heterocycles. The monoisotopic (exact) mass is 379 g/mol. The van der Waals surface area contributed by atoms with Crippen LogP contribution >= 0.6 is 0 Å². The molecule has 1 unspecified atom stereocenters. The van der Waals surface area contributed by atoms with Gasteiger partial charge in [0, 0.05) is 17.0 Å². The summed E-state index contributed by atoms with van der Waals surface area (Å²) in [5, 5.41) is 11.7. The summed E-state index contributed by atoms with van der Waals surface area (Å²) in [6.45, 7) is 13.1. The predicted octanol–water partition coefficient (Wildman–Crippen LogP) is 7.55. The van der Waals surface area contributed by atoms with E-state index in [-0.39, 0.29) is 0 Å². The van der Waals surface area contributed by atoms with Crippen LogP contribution in [0.15, 0.2) is 65.8 Å². The second-order valence-electron chi connectivity index (χ2n) is 8.44. The molecule has 0 spiro atoms. The van der Waals surface area contributed by atoms with Gasteiger partial charge in [-0.05, 0) is 78.8 Å². The van der Waals surface area contributed by atoms with E-state index in [4.69, 9.17) is 0 Å². The molecule has 3 aromatic carbocycles. The van der Waals surface area contributed by atoms with Gasteiger partial charge in [0.2, 0.25) is 0 Å². The van der Waals surface area contributed by atoms with E-state index in [1.807, 2.05) is 0 Å². The van der Waals surface area contributed by atoms with Crippen molar-refractivity contribution >= 4 is 22.1 Å². The molecular formula is C28H29N. The maximum atomic E-state index is 9.31. The Hall–Kier alpha value is -2.93. The van der Waals surface area contributed by atoms with Crippen molar-refractivity contribution in [1.82, 2.24) is 0 Å². The maximum absolute atomic E-state index is 9.31. The molecule has 0 bridgehead atoms. The lowest BCUT2D eigenvalue weighted by Gasteiger charge is -2.20. The van der Waals surface area contributed by atoms with Gasteiger partial charge in [0.15, 0.2) is 0 Å². The second-order valence-corrected chi connectivity index (χ2v) is 8.44. The van der Waals surface area contributed by atoms with E-state index in [9.17, 15) is 5.41 Å². The number of hydrogen-bond acceptors (Lipinski definition) is 1. The number of hydrogen-bond donors (Lipinski definition) is 1. The van der Waals surface area contributed by atoms with Crippen LogP contribution in [0, 0.1) is 32.1 Å². The van der Waals surface area contributed by atoms with Gasteiger partial charge in [0.1, 0.15) is 0 Å². The highest BCUT2D eigenvalue weighted by atomic mass is 14.4. The molecule has 0 radical (unpaired) electrons. The minimum absolute atomic E-state index is 0.364. The van der Waals surface area contributed by atoms with Gasteiger partial charge >= 0.3 is 0 Å². The van der Waals surface area contributed by atoms with Crippen LogP contribution in [-0.2, 0) is 0 Å². The van der Waals surface area contributed by atoms with E-state index >= 15 is 0 Å². The van der Waals surface area contributed by atoms with Crippen LogP contribution in [0.3, 0.4) is 0 Å². The van der Waals surface area contributed by atoms with E-state index < -0.39 is 0 Å². The highest BCUT2D eigenvalue weighted by Crippen LogP contribution is 2.41. The van der Waals surface area contributed by atoms with Crippen molar-refractivity contribution in [3.8, 4) is 0 Å². The van der Waals surface area contributed by atoms with Gasteiger partial charge in [0.25, 0.3) is 0 Å². The van der Waals surface area contributed by atoms with Gasteiger partial charge < -0.3 is 0 Å². The summed E-state index contributed by atoms with van der Waals surface area (Å²) in [5.74, 6) is 0.364. The summed E-state index contributed by atoms with van der Waals surface area (Å²) < 4.78 is 0. The fourth-order valence-electron chi connectivity index (χ4n) is 4.71. The van der Waals surface area contributed by atoms with Gasteiger partial charge in [-0.3, -0.25) is 5.41 Å². The smallest absolute Gasteiger partial charge is 0.0699 e. The summed E-state index contributed by atoms with van der Waals surface area (Å²) in [4.78, 5) is 0. The number of fused-ring (bicyclic) bond motifs is 1. The van der Waals surface area contributed by atoms with Crippen molar-refractivity contribution in [2.45, 2.75) is 41.5 Å². The maximum Gasteiger partial charge on any atom is 0.0699 e. The van der Waals surface area contributed by atoms with E-state index in [2.05, 4.69) is 96.1 Å². The fraction of sp³-hybridized carbons (Fsp3) is 0.250. The molecule has 1 N–H and O–H groups in total. The Bertz CT molecular complexity index is 1220. The molecular weight excluding hydrogens is 350 g/mol. The number of benzene rings is 3. The zero-order chi connectivity index (χ0) is 20.9. The number of nitrogens with one attached hydrogen (secondary N) is 1. The zero-order valence-electron chi connectivity index (χ0n) is 18.3. The van der Waals surface area contributed by atoms with Crippen LogP contribution < -0.4 is 0 Å². The molecule has 1 heteroatoms. The topological polar surface area (TPSA) is 23.9 Å². The van der Waals surface area contributed by atoms with Crippen LogP contribution in [0.1, 0.15) is 54.2 Å². The molecule has 1 atom stereocenters. The average molecular weight is 380 g/mol. The van der Waals surface area contributed by atoms with E-state index in [0.717, 1.165) is 16.5 Å². The molecule has 0 aliphatic heterocycles. The third-order valence-electron chi connectivity index (χ3n) is 6.75. The lowest BCUT2D eigenvalue weighted by molar-refractivity contribution is 0.975. The summed E-state index contributed by atoms with van der Waals surface area (Å²) in [5.41, 5.74) is 11.7. The lowest BCUT2D eigenvalue weighted by atomic mass is 9.83. The first kappa shape index (κ1) is 19.4. The standard InChI is InChI=1S/C28H29N/c1-16-11-13-23(21(6)19(16)4)28(29)27-24-10-8-7-9-22(24)12-14-25(27)26-18(3)15-17(2)20(26)5/h7-15,18,29H,1-6H3. The molecule has 0 fully saturated rings. The highest BCUT2D eigenvalue weighted by molar-refractivity contribution is 6.21. The summed E-state index contributed by atoms with van der Waals surface area (Å²) in [6.07, 6.45) is 2.34. The third-order valence-corrected chi connectivity index (χ3v) is 6.75. The van der Waals surface area contributed by atoms with E-state index in [0.29, 0.717) is 11.6 Å². The molecule has 29 heavy (non-hydrogen) atoms. The SMILES string of the molecule is CC1=CC(C)C(c2ccc3ccccc3c2C(=N)c2ccc(C)c(C)c2C)=C1C. The fourth-order valence-corrected chi connectivity index (χ4v) is 4.71. The highest BCUT2D eigenvalue weighted by Gasteiger charge is 2.25. The summed E-state index contributed by atoms with van der Waals surface area (Å²) >= 11 is 0. The van der Waals surface area contributed by atoms with Gasteiger partial charge in [-0.25, -0.2) is 0 Å². The van der Waals surface area contributed by atoms with Crippen molar-refractivity contribution in [2.24, 2.45) is 5.92 Å². The molecule has 0 saturated carbocycles. The molecule has 3 aromatic rings. The normalized spacial score (nSPS) is 16.5. The first-order valence-corrected chi connectivity index (χ1v) is 10.4. The third kappa shape index (κ3) is 3.06. The Kier molecular flexibility index (Phi) is 4.78. The first-order valence-electron chi connectivity index (χ1n) is 10.4. The van der Waals surface area contributed by atoms with E-state index in [1.54, 1.807) is 0 Å². The molecule has 4 rings (SSSR count). The molecule has 0 heterocycles. The average Bonchev–Trinajstić information content (AvgIpc) is 2.96. The summed E-state index contributed by atoms with van der Waals surface area (Å²) in [6, 6.07) is 17.2.